The van der Waals surface area contributed by atoms with E-state index in [0.717, 1.165) is 16.9 Å². The van der Waals surface area contributed by atoms with E-state index in [-0.39, 0.29) is 24.3 Å². The number of para-hydroxylation sites is 1. The second-order valence-corrected chi connectivity index (χ2v) is 9.16. The Hall–Kier alpha value is -4.58. The van der Waals surface area contributed by atoms with Gasteiger partial charge in [0.1, 0.15) is 11.5 Å². The van der Waals surface area contributed by atoms with E-state index in [0.29, 0.717) is 43.1 Å². The van der Waals surface area contributed by atoms with Crippen molar-refractivity contribution in [3.05, 3.63) is 120 Å². The van der Waals surface area contributed by atoms with Crippen LogP contribution < -0.4 is 19.7 Å². The summed E-state index contributed by atoms with van der Waals surface area (Å²) in [6.45, 7) is 0.971. The third-order valence-corrected chi connectivity index (χ3v) is 6.52. The fraction of sp³-hybridized carbons (Fsp3) is 0.188. The smallest absolute Gasteiger partial charge is 0.265 e. The number of hydrogen-bond donors (Lipinski definition) is 1. The zero-order chi connectivity index (χ0) is 26.2. The molecular formula is C32H30N2O4. The summed E-state index contributed by atoms with van der Waals surface area (Å²) in [5.41, 5.74) is 3.45. The van der Waals surface area contributed by atoms with Crippen LogP contribution >= 0.6 is 0 Å². The molecule has 0 radical (unpaired) electrons. The maximum absolute atomic E-state index is 13.2. The third kappa shape index (κ3) is 6.21. The van der Waals surface area contributed by atoms with Gasteiger partial charge in [-0.2, -0.15) is 0 Å². The summed E-state index contributed by atoms with van der Waals surface area (Å²) >= 11 is 0. The van der Waals surface area contributed by atoms with Gasteiger partial charge < -0.3 is 19.7 Å². The number of carbonyl (C=O) groups is 2. The molecule has 1 aliphatic heterocycles. The van der Waals surface area contributed by atoms with Crippen LogP contribution in [0, 0.1) is 0 Å². The zero-order valence-electron chi connectivity index (χ0n) is 21.1. The lowest BCUT2D eigenvalue weighted by atomic mass is 9.88. The summed E-state index contributed by atoms with van der Waals surface area (Å²) in [5, 5.41) is 3.03. The van der Waals surface area contributed by atoms with Gasteiger partial charge in [-0.1, -0.05) is 78.9 Å². The number of amides is 2. The third-order valence-electron chi connectivity index (χ3n) is 6.52. The summed E-state index contributed by atoms with van der Waals surface area (Å²) in [5.74, 6) is 1.14. The molecule has 5 rings (SSSR count). The van der Waals surface area contributed by atoms with Gasteiger partial charge in [0.15, 0.2) is 6.61 Å². The van der Waals surface area contributed by atoms with Crippen LogP contribution in [0.4, 0.5) is 11.4 Å². The molecule has 4 aromatic carbocycles. The minimum Gasteiger partial charge on any atom is -0.494 e. The average Bonchev–Trinajstić information content (AvgIpc) is 2.96. The molecular weight excluding hydrogens is 476 g/mol. The fourth-order valence-corrected chi connectivity index (χ4v) is 4.65. The first-order chi connectivity index (χ1) is 18.7. The molecule has 0 unspecified atom stereocenters. The van der Waals surface area contributed by atoms with Crippen LogP contribution in [-0.2, 0) is 9.59 Å². The summed E-state index contributed by atoms with van der Waals surface area (Å²) in [4.78, 5) is 27.6. The van der Waals surface area contributed by atoms with Crippen molar-refractivity contribution in [1.29, 1.82) is 0 Å². The SMILES string of the molecule is O=C(CC(c1ccccc1)c1ccccc1)Nc1ccc2c(c1)N(CCCOc1ccccc1)C(=O)CO2. The Labute approximate surface area is 222 Å². The molecule has 0 saturated heterocycles. The second-order valence-electron chi connectivity index (χ2n) is 9.16. The highest BCUT2D eigenvalue weighted by Crippen LogP contribution is 2.35. The van der Waals surface area contributed by atoms with E-state index in [9.17, 15) is 9.59 Å². The number of rotatable bonds is 10. The minimum atomic E-state index is -0.117. The molecule has 0 aromatic heterocycles. The zero-order valence-corrected chi connectivity index (χ0v) is 21.1. The molecule has 192 valence electrons. The van der Waals surface area contributed by atoms with Crippen molar-refractivity contribution in [2.45, 2.75) is 18.8 Å². The van der Waals surface area contributed by atoms with Crippen LogP contribution in [0.3, 0.4) is 0 Å². The number of carbonyl (C=O) groups excluding carboxylic acids is 2. The van der Waals surface area contributed by atoms with E-state index in [1.54, 1.807) is 11.0 Å². The average molecular weight is 507 g/mol. The lowest BCUT2D eigenvalue weighted by molar-refractivity contribution is -0.121. The molecule has 0 spiro atoms. The van der Waals surface area contributed by atoms with Gasteiger partial charge in [-0.3, -0.25) is 9.59 Å². The maximum atomic E-state index is 13.2. The van der Waals surface area contributed by atoms with Gasteiger partial charge in [-0.25, -0.2) is 0 Å². The van der Waals surface area contributed by atoms with E-state index in [2.05, 4.69) is 5.32 Å². The highest BCUT2D eigenvalue weighted by atomic mass is 16.5. The molecule has 6 heteroatoms. The van der Waals surface area contributed by atoms with Gasteiger partial charge in [0, 0.05) is 24.6 Å². The standard InChI is InChI=1S/C32H30N2O4/c35-31(22-28(24-11-4-1-5-12-24)25-13-6-2-7-14-25)33-26-17-18-30-29(21-26)34(32(36)23-38-30)19-10-20-37-27-15-8-3-9-16-27/h1-9,11-18,21,28H,10,19-20,22-23H2,(H,33,35). The normalized spacial score (nSPS) is 12.6. The van der Waals surface area contributed by atoms with Crippen LogP contribution in [0.1, 0.15) is 29.9 Å². The van der Waals surface area contributed by atoms with Crippen molar-refractivity contribution in [3.63, 3.8) is 0 Å². The quantitative estimate of drug-likeness (QED) is 0.266. The molecule has 2 amide bonds. The topological polar surface area (TPSA) is 67.9 Å². The summed E-state index contributed by atoms with van der Waals surface area (Å²) in [6, 6.07) is 35.1. The monoisotopic (exact) mass is 506 g/mol. The Morgan fingerprint density at radius 3 is 2.16 bits per heavy atom. The first kappa shape index (κ1) is 25.1. The first-order valence-electron chi connectivity index (χ1n) is 12.8. The molecule has 0 bridgehead atoms. The molecule has 1 heterocycles. The molecule has 0 fully saturated rings. The summed E-state index contributed by atoms with van der Waals surface area (Å²) < 4.78 is 11.4. The highest BCUT2D eigenvalue weighted by Gasteiger charge is 2.26. The van der Waals surface area contributed by atoms with Gasteiger partial charge in [-0.15, -0.1) is 0 Å². The molecule has 0 saturated carbocycles. The van der Waals surface area contributed by atoms with Gasteiger partial charge in [0.25, 0.3) is 5.91 Å². The van der Waals surface area contributed by atoms with E-state index in [4.69, 9.17) is 9.47 Å². The largest absolute Gasteiger partial charge is 0.494 e. The van der Waals surface area contributed by atoms with Crippen LogP contribution in [0.15, 0.2) is 109 Å². The minimum absolute atomic E-state index is 0.00587. The Morgan fingerprint density at radius 1 is 0.868 bits per heavy atom. The molecule has 6 nitrogen and oxygen atoms in total. The molecule has 0 aliphatic carbocycles. The first-order valence-corrected chi connectivity index (χ1v) is 12.8. The molecule has 4 aromatic rings. The fourth-order valence-electron chi connectivity index (χ4n) is 4.65. The molecule has 0 atom stereocenters. The maximum Gasteiger partial charge on any atom is 0.265 e. The lowest BCUT2D eigenvalue weighted by Gasteiger charge is -2.30. The lowest BCUT2D eigenvalue weighted by Crippen LogP contribution is -2.39. The van der Waals surface area contributed by atoms with E-state index < -0.39 is 0 Å². The van der Waals surface area contributed by atoms with E-state index in [1.807, 2.05) is 103 Å². The Bertz CT molecular complexity index is 1320. The predicted molar refractivity (Wildman–Crippen MR) is 149 cm³/mol. The number of fused-ring (bicyclic) bond motifs is 1. The van der Waals surface area contributed by atoms with Crippen LogP contribution in [-0.4, -0.2) is 31.6 Å². The van der Waals surface area contributed by atoms with Crippen LogP contribution in [0.2, 0.25) is 0 Å². The summed E-state index contributed by atoms with van der Waals surface area (Å²) in [6.07, 6.45) is 0.952. The van der Waals surface area contributed by atoms with Crippen molar-refractivity contribution in [3.8, 4) is 11.5 Å². The Kier molecular flexibility index (Phi) is 7.99. The van der Waals surface area contributed by atoms with Gasteiger partial charge in [-0.05, 0) is 47.9 Å². The van der Waals surface area contributed by atoms with Gasteiger partial charge >= 0.3 is 0 Å². The van der Waals surface area contributed by atoms with Gasteiger partial charge in [0.2, 0.25) is 5.91 Å². The van der Waals surface area contributed by atoms with Crippen molar-refractivity contribution in [1.82, 2.24) is 0 Å². The van der Waals surface area contributed by atoms with Crippen molar-refractivity contribution < 1.29 is 19.1 Å². The van der Waals surface area contributed by atoms with E-state index in [1.165, 1.54) is 0 Å². The van der Waals surface area contributed by atoms with Crippen molar-refractivity contribution >= 4 is 23.2 Å². The molecule has 38 heavy (non-hydrogen) atoms. The number of anilines is 2. The Morgan fingerprint density at radius 2 is 1.50 bits per heavy atom. The number of nitrogens with zero attached hydrogens (tertiary/aromatic N) is 1. The summed E-state index contributed by atoms with van der Waals surface area (Å²) in [7, 11) is 0. The molecule has 1 aliphatic rings. The van der Waals surface area contributed by atoms with Crippen molar-refractivity contribution in [2.75, 3.05) is 30.0 Å². The second kappa shape index (κ2) is 12.1. The number of nitrogens with one attached hydrogen (secondary N) is 1. The highest BCUT2D eigenvalue weighted by molar-refractivity contribution is 5.99. The van der Waals surface area contributed by atoms with Crippen molar-refractivity contribution in [2.24, 2.45) is 0 Å². The van der Waals surface area contributed by atoms with Gasteiger partial charge in [0.05, 0.1) is 12.3 Å². The number of hydrogen-bond acceptors (Lipinski definition) is 4. The number of benzene rings is 4. The van der Waals surface area contributed by atoms with Crippen LogP contribution in [0.5, 0.6) is 11.5 Å². The molecule has 1 N–H and O–H groups in total. The van der Waals surface area contributed by atoms with Crippen LogP contribution in [0.25, 0.3) is 0 Å². The Balaban J connectivity index is 1.26. The predicted octanol–water partition coefficient (Wildman–Crippen LogP) is 6.04. The van der Waals surface area contributed by atoms with E-state index >= 15 is 0 Å². The number of ether oxygens (including phenoxy) is 2.